The van der Waals surface area contributed by atoms with Crippen LogP contribution in [-0.2, 0) is 6.42 Å². The minimum Gasteiger partial charge on any atom is -0.495 e. The lowest BCUT2D eigenvalue weighted by Crippen LogP contribution is -2.09. The number of rotatable bonds is 3. The third-order valence-corrected chi connectivity index (χ3v) is 4.64. The van der Waals surface area contributed by atoms with Gasteiger partial charge in [-0.05, 0) is 42.2 Å². The van der Waals surface area contributed by atoms with Crippen molar-refractivity contribution in [2.24, 2.45) is 0 Å². The largest absolute Gasteiger partial charge is 0.495 e. The summed E-state index contributed by atoms with van der Waals surface area (Å²) < 4.78 is 6.54. The van der Waals surface area contributed by atoms with Crippen molar-refractivity contribution in [3.05, 3.63) is 57.6 Å². The Labute approximate surface area is 132 Å². The number of hydrogen-bond donors (Lipinski definition) is 1. The molecule has 1 unspecified atom stereocenters. The molecule has 0 spiro atoms. The summed E-state index contributed by atoms with van der Waals surface area (Å²) in [5.41, 5.74) is 4.03. The molecule has 1 aliphatic carbocycles. The van der Waals surface area contributed by atoms with E-state index in [0.717, 1.165) is 23.0 Å². The molecule has 1 atom stereocenters. The van der Waals surface area contributed by atoms with Gasteiger partial charge in [0.2, 0.25) is 0 Å². The van der Waals surface area contributed by atoms with Gasteiger partial charge in [0.25, 0.3) is 0 Å². The van der Waals surface area contributed by atoms with Crippen LogP contribution in [0.5, 0.6) is 5.75 Å². The first-order valence-electron chi connectivity index (χ1n) is 6.85. The zero-order valence-electron chi connectivity index (χ0n) is 11.7. The van der Waals surface area contributed by atoms with Gasteiger partial charge in [0, 0.05) is 4.47 Å². The Bertz CT molecular complexity index is 721. The Morgan fingerprint density at radius 1 is 1.29 bits per heavy atom. The second-order valence-corrected chi connectivity index (χ2v) is 5.89. The fraction of sp³-hybridized carbons (Fsp3) is 0.235. The number of hydrogen-bond acceptors (Lipinski definition) is 3. The number of fused-ring (bicyclic) bond motifs is 1. The maximum absolute atomic E-state index is 9.30. The van der Waals surface area contributed by atoms with Gasteiger partial charge in [-0.15, -0.1) is 0 Å². The molecule has 0 aliphatic heterocycles. The van der Waals surface area contributed by atoms with Crippen molar-refractivity contribution in [2.75, 3.05) is 12.4 Å². The second-order valence-electron chi connectivity index (χ2n) is 5.04. The fourth-order valence-corrected chi connectivity index (χ4v) is 3.46. The number of nitriles is 1. The summed E-state index contributed by atoms with van der Waals surface area (Å²) in [6.45, 7) is 0. The monoisotopic (exact) mass is 342 g/mol. The minimum absolute atomic E-state index is 0.209. The van der Waals surface area contributed by atoms with Crippen molar-refractivity contribution < 1.29 is 4.74 Å². The third-order valence-electron chi connectivity index (χ3n) is 3.90. The molecule has 4 heteroatoms. The highest BCUT2D eigenvalue weighted by Crippen LogP contribution is 2.40. The van der Waals surface area contributed by atoms with E-state index in [1.807, 2.05) is 18.2 Å². The first kappa shape index (κ1) is 14.0. The highest BCUT2D eigenvalue weighted by molar-refractivity contribution is 9.10. The van der Waals surface area contributed by atoms with Crippen molar-refractivity contribution in [3.63, 3.8) is 0 Å². The molecular formula is C17H15BrN2O. The Morgan fingerprint density at radius 3 is 2.86 bits per heavy atom. The number of nitrogens with one attached hydrogen (secondary N) is 1. The van der Waals surface area contributed by atoms with Gasteiger partial charge in [0.15, 0.2) is 0 Å². The van der Waals surface area contributed by atoms with Crippen LogP contribution in [0.3, 0.4) is 0 Å². The molecule has 1 aliphatic rings. The average Bonchev–Trinajstić information content (AvgIpc) is 2.92. The van der Waals surface area contributed by atoms with Gasteiger partial charge in [0.1, 0.15) is 11.8 Å². The van der Waals surface area contributed by atoms with E-state index < -0.39 is 0 Å². The summed E-state index contributed by atoms with van der Waals surface area (Å²) in [6.07, 6.45) is 2.05. The van der Waals surface area contributed by atoms with E-state index in [0.29, 0.717) is 11.3 Å². The van der Waals surface area contributed by atoms with Gasteiger partial charge in [-0.2, -0.15) is 5.26 Å². The Kier molecular flexibility index (Phi) is 3.85. The van der Waals surface area contributed by atoms with E-state index in [1.54, 1.807) is 7.11 Å². The van der Waals surface area contributed by atoms with Crippen molar-refractivity contribution in [1.82, 2.24) is 0 Å². The predicted molar refractivity (Wildman–Crippen MR) is 86.5 cm³/mol. The Morgan fingerprint density at radius 2 is 2.10 bits per heavy atom. The normalized spacial score (nSPS) is 16.1. The van der Waals surface area contributed by atoms with Gasteiger partial charge >= 0.3 is 0 Å². The van der Waals surface area contributed by atoms with Gasteiger partial charge < -0.3 is 10.1 Å². The maximum atomic E-state index is 9.30. The summed E-state index contributed by atoms with van der Waals surface area (Å²) in [4.78, 5) is 0. The molecular weight excluding hydrogens is 328 g/mol. The Balaban J connectivity index is 1.97. The van der Waals surface area contributed by atoms with Crippen LogP contribution in [0.4, 0.5) is 5.69 Å². The molecule has 2 aromatic carbocycles. The zero-order valence-corrected chi connectivity index (χ0v) is 13.3. The summed E-state index contributed by atoms with van der Waals surface area (Å²) in [5, 5.41) is 12.8. The van der Waals surface area contributed by atoms with Crippen molar-refractivity contribution >= 4 is 21.6 Å². The molecule has 0 amide bonds. The van der Waals surface area contributed by atoms with Crippen LogP contribution in [0.15, 0.2) is 40.9 Å². The molecule has 106 valence electrons. The minimum atomic E-state index is 0.209. The number of anilines is 1. The molecule has 3 nitrogen and oxygen atoms in total. The van der Waals surface area contributed by atoms with Gasteiger partial charge in [0.05, 0.1) is 24.4 Å². The van der Waals surface area contributed by atoms with Crippen molar-refractivity contribution in [3.8, 4) is 11.8 Å². The number of nitrogens with zero attached hydrogens (tertiary/aromatic N) is 1. The molecule has 1 N–H and O–H groups in total. The van der Waals surface area contributed by atoms with Crippen LogP contribution in [0, 0.1) is 11.3 Å². The van der Waals surface area contributed by atoms with E-state index in [1.165, 1.54) is 11.1 Å². The molecule has 0 heterocycles. The molecule has 2 aromatic rings. The average molecular weight is 343 g/mol. The van der Waals surface area contributed by atoms with E-state index in [4.69, 9.17) is 4.74 Å². The summed E-state index contributed by atoms with van der Waals surface area (Å²) in [6, 6.07) is 14.2. The van der Waals surface area contributed by atoms with Crippen molar-refractivity contribution in [1.29, 1.82) is 5.26 Å². The second kappa shape index (κ2) is 5.79. The van der Waals surface area contributed by atoms with Gasteiger partial charge in [-0.1, -0.05) is 34.1 Å². The number of benzene rings is 2. The van der Waals surface area contributed by atoms with Crippen LogP contribution in [0.1, 0.15) is 29.2 Å². The van der Waals surface area contributed by atoms with E-state index >= 15 is 0 Å². The topological polar surface area (TPSA) is 45.0 Å². The lowest BCUT2D eigenvalue weighted by Gasteiger charge is -2.19. The quantitative estimate of drug-likeness (QED) is 0.897. The van der Waals surface area contributed by atoms with Crippen molar-refractivity contribution in [2.45, 2.75) is 18.9 Å². The molecule has 0 aromatic heterocycles. The summed E-state index contributed by atoms with van der Waals surface area (Å²) in [7, 11) is 1.63. The van der Waals surface area contributed by atoms with Crippen LogP contribution in [0.25, 0.3) is 0 Å². The first-order chi connectivity index (χ1) is 10.2. The summed E-state index contributed by atoms with van der Waals surface area (Å²) >= 11 is 3.61. The molecule has 0 bridgehead atoms. The molecule has 3 rings (SSSR count). The fourth-order valence-electron chi connectivity index (χ4n) is 2.88. The molecule has 0 radical (unpaired) electrons. The highest BCUT2D eigenvalue weighted by Gasteiger charge is 2.25. The standard InChI is InChI=1S/C17H15BrN2O/c1-21-16-7-2-4-11(10-19)17(16)20-15-9-8-12-13(15)5-3-6-14(12)18/h2-7,15,20H,8-9H2,1H3. The molecule has 21 heavy (non-hydrogen) atoms. The predicted octanol–water partition coefficient (Wildman–Crippen LogP) is 4.43. The smallest absolute Gasteiger partial charge is 0.143 e. The van der Waals surface area contributed by atoms with E-state index in [-0.39, 0.29) is 6.04 Å². The molecule has 0 saturated heterocycles. The van der Waals surface area contributed by atoms with Gasteiger partial charge in [-0.25, -0.2) is 0 Å². The van der Waals surface area contributed by atoms with Crippen LogP contribution < -0.4 is 10.1 Å². The van der Waals surface area contributed by atoms with E-state index in [9.17, 15) is 5.26 Å². The van der Waals surface area contributed by atoms with Crippen LogP contribution >= 0.6 is 15.9 Å². The first-order valence-corrected chi connectivity index (χ1v) is 7.65. The van der Waals surface area contributed by atoms with Crippen LogP contribution in [-0.4, -0.2) is 7.11 Å². The van der Waals surface area contributed by atoms with E-state index in [2.05, 4.69) is 45.5 Å². The number of ether oxygens (including phenoxy) is 1. The number of para-hydroxylation sites is 1. The number of methoxy groups -OCH3 is 1. The Hall–Kier alpha value is -1.99. The molecule has 0 saturated carbocycles. The third kappa shape index (κ3) is 2.50. The SMILES string of the molecule is COc1cccc(C#N)c1NC1CCc2c(Br)cccc21. The van der Waals surface area contributed by atoms with Crippen LogP contribution in [0.2, 0.25) is 0 Å². The zero-order chi connectivity index (χ0) is 14.8. The lowest BCUT2D eigenvalue weighted by atomic mass is 10.1. The highest BCUT2D eigenvalue weighted by atomic mass is 79.9. The molecule has 0 fully saturated rings. The maximum Gasteiger partial charge on any atom is 0.143 e. The lowest BCUT2D eigenvalue weighted by molar-refractivity contribution is 0.416. The number of halogens is 1. The summed E-state index contributed by atoms with van der Waals surface area (Å²) in [5.74, 6) is 0.706. The van der Waals surface area contributed by atoms with Gasteiger partial charge in [-0.3, -0.25) is 0 Å².